The number of rotatable bonds is 6. The van der Waals surface area contributed by atoms with E-state index in [1.54, 1.807) is 7.05 Å². The van der Waals surface area contributed by atoms with Crippen LogP contribution in [0.25, 0.3) is 11.4 Å². The third kappa shape index (κ3) is 5.31. The van der Waals surface area contributed by atoms with Gasteiger partial charge in [-0.05, 0) is 30.2 Å². The zero-order valence-electron chi connectivity index (χ0n) is 15.4. The van der Waals surface area contributed by atoms with Crippen LogP contribution < -0.4 is 10.6 Å². The summed E-state index contributed by atoms with van der Waals surface area (Å²) in [6.07, 6.45) is 0.596. The normalized spacial score (nSPS) is 11.4. The Morgan fingerprint density at radius 3 is 2.78 bits per heavy atom. The first-order chi connectivity index (χ1) is 13.2. The van der Waals surface area contributed by atoms with E-state index in [0.29, 0.717) is 36.2 Å². The molecule has 0 bridgehead atoms. The summed E-state index contributed by atoms with van der Waals surface area (Å²) < 4.78 is 5.31. The molecule has 7 heteroatoms. The summed E-state index contributed by atoms with van der Waals surface area (Å²) in [7, 11) is 1.75. The van der Waals surface area contributed by atoms with Crippen LogP contribution in [-0.2, 0) is 13.0 Å². The Bertz CT molecular complexity index is 922. The summed E-state index contributed by atoms with van der Waals surface area (Å²) in [6, 6.07) is 15.7. The lowest BCUT2D eigenvalue weighted by atomic mass is 10.1. The zero-order chi connectivity index (χ0) is 19.1. The Labute approximate surface area is 163 Å². The molecule has 0 aliphatic heterocycles. The molecule has 1 aromatic heterocycles. The van der Waals surface area contributed by atoms with E-state index < -0.39 is 0 Å². The summed E-state index contributed by atoms with van der Waals surface area (Å²) in [5, 5.41) is 11.2. The monoisotopic (exact) mass is 383 g/mol. The maximum absolute atomic E-state index is 6.00. The SMILES string of the molecule is CN=C(NCCc1nc(-c2cccc(Cl)c2)no1)NCc1ccccc1C. The van der Waals surface area contributed by atoms with Crippen LogP contribution in [0.4, 0.5) is 0 Å². The fourth-order valence-electron chi connectivity index (χ4n) is 2.60. The third-order valence-electron chi connectivity index (χ3n) is 4.11. The van der Waals surface area contributed by atoms with E-state index in [0.717, 1.165) is 11.5 Å². The molecular formula is C20H22ClN5O. The number of nitrogens with zero attached hydrogens (tertiary/aromatic N) is 3. The highest BCUT2D eigenvalue weighted by molar-refractivity contribution is 6.30. The van der Waals surface area contributed by atoms with Crippen molar-refractivity contribution in [1.29, 1.82) is 0 Å². The summed E-state index contributed by atoms with van der Waals surface area (Å²) in [5.74, 6) is 1.83. The average Bonchev–Trinajstić information content (AvgIpc) is 3.14. The molecule has 2 N–H and O–H groups in total. The number of aliphatic imine (C=N–C) groups is 1. The van der Waals surface area contributed by atoms with Crippen molar-refractivity contribution in [2.45, 2.75) is 19.9 Å². The molecule has 0 atom stereocenters. The minimum atomic E-state index is 0.537. The molecule has 0 saturated heterocycles. The van der Waals surface area contributed by atoms with Gasteiger partial charge in [-0.15, -0.1) is 0 Å². The van der Waals surface area contributed by atoms with Gasteiger partial charge in [0.25, 0.3) is 0 Å². The maximum Gasteiger partial charge on any atom is 0.228 e. The fraction of sp³-hybridized carbons (Fsp3) is 0.250. The molecule has 0 saturated carbocycles. The lowest BCUT2D eigenvalue weighted by Crippen LogP contribution is -2.38. The summed E-state index contributed by atoms with van der Waals surface area (Å²) in [6.45, 7) is 3.44. The molecule has 6 nitrogen and oxygen atoms in total. The standard InChI is InChI=1S/C20H22ClN5O/c1-14-6-3-4-7-16(14)13-24-20(22-2)23-11-10-18-25-19(26-27-18)15-8-5-9-17(21)12-15/h3-9,12H,10-11,13H2,1-2H3,(H2,22,23,24). The van der Waals surface area contributed by atoms with Crippen LogP contribution in [0.5, 0.6) is 0 Å². The smallest absolute Gasteiger partial charge is 0.228 e. The van der Waals surface area contributed by atoms with E-state index >= 15 is 0 Å². The second-order valence-corrected chi connectivity index (χ2v) is 6.49. The zero-order valence-corrected chi connectivity index (χ0v) is 16.1. The van der Waals surface area contributed by atoms with Crippen molar-refractivity contribution in [1.82, 2.24) is 20.8 Å². The molecule has 0 radical (unpaired) electrons. The van der Waals surface area contributed by atoms with Crippen molar-refractivity contribution < 1.29 is 4.52 Å². The van der Waals surface area contributed by atoms with Crippen LogP contribution in [0, 0.1) is 6.92 Å². The number of benzene rings is 2. The van der Waals surface area contributed by atoms with Crippen molar-refractivity contribution >= 4 is 17.6 Å². The van der Waals surface area contributed by atoms with Gasteiger partial charge in [-0.2, -0.15) is 4.98 Å². The molecule has 27 heavy (non-hydrogen) atoms. The highest BCUT2D eigenvalue weighted by atomic mass is 35.5. The Balaban J connectivity index is 1.49. The molecule has 140 valence electrons. The fourth-order valence-corrected chi connectivity index (χ4v) is 2.79. The van der Waals surface area contributed by atoms with Crippen LogP contribution in [0.15, 0.2) is 58.0 Å². The van der Waals surface area contributed by atoms with Gasteiger partial charge >= 0.3 is 0 Å². The van der Waals surface area contributed by atoms with E-state index in [1.165, 1.54) is 11.1 Å². The van der Waals surface area contributed by atoms with Crippen LogP contribution in [-0.4, -0.2) is 29.7 Å². The summed E-state index contributed by atoms with van der Waals surface area (Å²) >= 11 is 6.00. The summed E-state index contributed by atoms with van der Waals surface area (Å²) in [5.41, 5.74) is 3.32. The minimum absolute atomic E-state index is 0.537. The molecule has 2 aromatic carbocycles. The summed E-state index contributed by atoms with van der Waals surface area (Å²) in [4.78, 5) is 8.65. The van der Waals surface area contributed by atoms with Crippen LogP contribution in [0.1, 0.15) is 17.0 Å². The van der Waals surface area contributed by atoms with Gasteiger partial charge in [-0.3, -0.25) is 4.99 Å². The minimum Gasteiger partial charge on any atom is -0.356 e. The average molecular weight is 384 g/mol. The molecule has 3 rings (SSSR count). The number of aromatic nitrogens is 2. The molecular weight excluding hydrogens is 362 g/mol. The van der Waals surface area contributed by atoms with Crippen molar-refractivity contribution in [2.24, 2.45) is 4.99 Å². The number of hydrogen-bond donors (Lipinski definition) is 2. The van der Waals surface area contributed by atoms with Gasteiger partial charge in [0.15, 0.2) is 5.96 Å². The van der Waals surface area contributed by atoms with Gasteiger partial charge in [0.2, 0.25) is 11.7 Å². The molecule has 0 aliphatic carbocycles. The maximum atomic E-state index is 6.00. The Kier molecular flexibility index (Phi) is 6.44. The molecule has 1 heterocycles. The Morgan fingerprint density at radius 1 is 1.15 bits per heavy atom. The molecule has 0 aliphatic rings. The Morgan fingerprint density at radius 2 is 2.00 bits per heavy atom. The van der Waals surface area contributed by atoms with E-state index in [9.17, 15) is 0 Å². The van der Waals surface area contributed by atoms with E-state index in [4.69, 9.17) is 16.1 Å². The van der Waals surface area contributed by atoms with Gasteiger partial charge in [-0.1, -0.05) is 53.2 Å². The van der Waals surface area contributed by atoms with Crippen molar-refractivity contribution in [3.8, 4) is 11.4 Å². The lowest BCUT2D eigenvalue weighted by molar-refractivity contribution is 0.378. The molecule has 0 fully saturated rings. The molecule has 0 amide bonds. The molecule has 0 unspecified atom stereocenters. The van der Waals surface area contributed by atoms with Gasteiger partial charge in [0.1, 0.15) is 0 Å². The second kappa shape index (κ2) is 9.19. The first-order valence-corrected chi connectivity index (χ1v) is 9.11. The first-order valence-electron chi connectivity index (χ1n) is 8.73. The second-order valence-electron chi connectivity index (χ2n) is 6.05. The lowest BCUT2D eigenvalue weighted by Gasteiger charge is -2.12. The van der Waals surface area contributed by atoms with Crippen LogP contribution >= 0.6 is 11.6 Å². The van der Waals surface area contributed by atoms with Crippen LogP contribution in [0.2, 0.25) is 5.02 Å². The van der Waals surface area contributed by atoms with Crippen molar-refractivity contribution in [2.75, 3.05) is 13.6 Å². The number of nitrogens with one attached hydrogen (secondary N) is 2. The highest BCUT2D eigenvalue weighted by Crippen LogP contribution is 2.19. The quantitative estimate of drug-likeness (QED) is 0.502. The first kappa shape index (κ1) is 18.9. The number of halogens is 1. The van der Waals surface area contributed by atoms with Gasteiger partial charge in [0, 0.05) is 37.1 Å². The van der Waals surface area contributed by atoms with Crippen LogP contribution in [0.3, 0.4) is 0 Å². The largest absolute Gasteiger partial charge is 0.356 e. The van der Waals surface area contributed by atoms with E-state index in [2.05, 4.69) is 44.8 Å². The van der Waals surface area contributed by atoms with Crippen molar-refractivity contribution in [3.63, 3.8) is 0 Å². The third-order valence-corrected chi connectivity index (χ3v) is 4.35. The predicted molar refractivity (Wildman–Crippen MR) is 108 cm³/mol. The predicted octanol–water partition coefficient (Wildman–Crippen LogP) is 3.61. The topological polar surface area (TPSA) is 75.3 Å². The highest BCUT2D eigenvalue weighted by Gasteiger charge is 2.09. The van der Waals surface area contributed by atoms with Crippen molar-refractivity contribution in [3.05, 3.63) is 70.6 Å². The number of hydrogen-bond acceptors (Lipinski definition) is 4. The Hall–Kier alpha value is -2.86. The van der Waals surface area contributed by atoms with Gasteiger partial charge in [0.05, 0.1) is 0 Å². The van der Waals surface area contributed by atoms with Gasteiger partial charge in [-0.25, -0.2) is 0 Å². The number of guanidine groups is 1. The number of aryl methyl sites for hydroxylation is 1. The van der Waals surface area contributed by atoms with E-state index in [-0.39, 0.29) is 0 Å². The molecule has 0 spiro atoms. The molecule has 3 aromatic rings. The van der Waals surface area contributed by atoms with E-state index in [1.807, 2.05) is 36.4 Å². The van der Waals surface area contributed by atoms with Gasteiger partial charge < -0.3 is 15.2 Å².